The molecule has 5 heteroatoms. The summed E-state index contributed by atoms with van der Waals surface area (Å²) in [6.07, 6.45) is 6.34. The van der Waals surface area contributed by atoms with E-state index in [4.69, 9.17) is 4.42 Å². The van der Waals surface area contributed by atoms with Crippen molar-refractivity contribution in [2.45, 2.75) is 38.6 Å². The van der Waals surface area contributed by atoms with Crippen molar-refractivity contribution in [1.82, 2.24) is 5.32 Å². The Labute approximate surface area is 158 Å². The van der Waals surface area contributed by atoms with Crippen molar-refractivity contribution >= 4 is 23.6 Å². The molecular weight excluding hydrogens is 340 g/mol. The summed E-state index contributed by atoms with van der Waals surface area (Å²) in [6, 6.07) is 11.4. The predicted octanol–water partition coefficient (Wildman–Crippen LogP) is 4.08. The standard InChI is InChI=1S/C22H24N2O3/c1-14-12-19(14)20-10-8-18(27-20)9-11-21(25)23-13-15-2-6-17(7-3-15)24-22(26)16-4-5-16/h2-3,6-11,14,16,19H,4-5,12-13H2,1H3,(H,23,25)(H,24,26)/b11-9+. The van der Waals surface area contributed by atoms with Gasteiger partial charge in [-0.15, -0.1) is 0 Å². The second-order valence-corrected chi connectivity index (χ2v) is 7.57. The highest BCUT2D eigenvalue weighted by Crippen LogP contribution is 2.47. The number of carbonyl (C=O) groups is 2. The second-order valence-electron chi connectivity index (χ2n) is 7.57. The molecule has 0 saturated heterocycles. The molecule has 1 heterocycles. The van der Waals surface area contributed by atoms with Gasteiger partial charge in [0, 0.05) is 30.1 Å². The van der Waals surface area contributed by atoms with Crippen LogP contribution in [0.1, 0.15) is 49.2 Å². The third-order valence-electron chi connectivity index (χ3n) is 5.16. The molecule has 2 aliphatic carbocycles. The lowest BCUT2D eigenvalue weighted by Crippen LogP contribution is -2.20. The zero-order valence-corrected chi connectivity index (χ0v) is 15.4. The van der Waals surface area contributed by atoms with E-state index in [1.54, 1.807) is 6.08 Å². The Morgan fingerprint density at radius 1 is 1.15 bits per heavy atom. The Balaban J connectivity index is 1.23. The van der Waals surface area contributed by atoms with E-state index in [9.17, 15) is 9.59 Å². The molecule has 5 nitrogen and oxygen atoms in total. The highest BCUT2D eigenvalue weighted by atomic mass is 16.3. The number of benzene rings is 1. The van der Waals surface area contributed by atoms with Crippen LogP contribution >= 0.6 is 0 Å². The van der Waals surface area contributed by atoms with Gasteiger partial charge >= 0.3 is 0 Å². The fourth-order valence-electron chi connectivity index (χ4n) is 3.08. The summed E-state index contributed by atoms with van der Waals surface area (Å²) in [5, 5.41) is 5.76. The van der Waals surface area contributed by atoms with Crippen molar-refractivity contribution in [2.75, 3.05) is 5.32 Å². The fraction of sp³-hybridized carbons (Fsp3) is 0.364. The van der Waals surface area contributed by atoms with Crippen molar-refractivity contribution in [3.05, 3.63) is 59.6 Å². The first-order valence-corrected chi connectivity index (χ1v) is 9.54. The summed E-state index contributed by atoms with van der Waals surface area (Å²) in [4.78, 5) is 23.7. The lowest BCUT2D eigenvalue weighted by Gasteiger charge is -2.06. The molecule has 2 unspecified atom stereocenters. The zero-order valence-electron chi connectivity index (χ0n) is 15.4. The minimum absolute atomic E-state index is 0.0958. The summed E-state index contributed by atoms with van der Waals surface area (Å²) >= 11 is 0. The van der Waals surface area contributed by atoms with Crippen LogP contribution in [0.25, 0.3) is 6.08 Å². The van der Waals surface area contributed by atoms with E-state index in [1.165, 1.54) is 12.5 Å². The van der Waals surface area contributed by atoms with E-state index < -0.39 is 0 Å². The second kappa shape index (κ2) is 7.43. The first kappa shape index (κ1) is 17.6. The summed E-state index contributed by atoms with van der Waals surface area (Å²) in [5.41, 5.74) is 1.77. The molecule has 2 atom stereocenters. The normalized spacial score (nSPS) is 21.2. The number of furan rings is 1. The van der Waals surface area contributed by atoms with Gasteiger partial charge in [-0.25, -0.2) is 0 Å². The molecule has 0 spiro atoms. The van der Waals surface area contributed by atoms with Crippen LogP contribution in [0.3, 0.4) is 0 Å². The number of hydrogen-bond donors (Lipinski definition) is 2. The predicted molar refractivity (Wildman–Crippen MR) is 104 cm³/mol. The number of nitrogens with one attached hydrogen (secondary N) is 2. The molecule has 1 aromatic carbocycles. The summed E-state index contributed by atoms with van der Waals surface area (Å²) in [5.74, 6) is 3.07. The monoisotopic (exact) mass is 364 g/mol. The van der Waals surface area contributed by atoms with Crippen LogP contribution in [0.15, 0.2) is 46.9 Å². The van der Waals surface area contributed by atoms with E-state index in [0.29, 0.717) is 24.1 Å². The van der Waals surface area contributed by atoms with Crippen molar-refractivity contribution in [3.63, 3.8) is 0 Å². The van der Waals surface area contributed by atoms with Gasteiger partial charge in [-0.2, -0.15) is 0 Å². The Morgan fingerprint density at radius 3 is 2.56 bits per heavy atom. The maximum absolute atomic E-state index is 12.0. The Hall–Kier alpha value is -2.82. The van der Waals surface area contributed by atoms with Crippen LogP contribution < -0.4 is 10.6 Å². The van der Waals surface area contributed by atoms with Crippen LogP contribution in [-0.2, 0) is 16.1 Å². The third-order valence-corrected chi connectivity index (χ3v) is 5.16. The minimum atomic E-state index is -0.168. The molecule has 2 aromatic rings. The molecule has 1 aromatic heterocycles. The van der Waals surface area contributed by atoms with Gasteiger partial charge in [-0.05, 0) is 61.1 Å². The van der Waals surface area contributed by atoms with Gasteiger partial charge in [-0.3, -0.25) is 9.59 Å². The molecule has 0 bridgehead atoms. The molecule has 2 saturated carbocycles. The van der Waals surface area contributed by atoms with Crippen LogP contribution in [0.4, 0.5) is 5.69 Å². The lowest BCUT2D eigenvalue weighted by molar-refractivity contribution is -0.117. The molecule has 2 N–H and O–H groups in total. The number of hydrogen-bond acceptors (Lipinski definition) is 3. The molecule has 0 radical (unpaired) electrons. The average Bonchev–Trinajstić information content (AvgIpc) is 3.59. The van der Waals surface area contributed by atoms with Crippen LogP contribution in [0.2, 0.25) is 0 Å². The Morgan fingerprint density at radius 2 is 1.89 bits per heavy atom. The van der Waals surface area contributed by atoms with Gasteiger partial charge in [0.2, 0.25) is 11.8 Å². The zero-order chi connectivity index (χ0) is 18.8. The highest BCUT2D eigenvalue weighted by molar-refractivity contribution is 5.94. The maximum atomic E-state index is 12.0. The summed E-state index contributed by atoms with van der Waals surface area (Å²) in [6.45, 7) is 2.65. The van der Waals surface area contributed by atoms with Crippen molar-refractivity contribution in [3.8, 4) is 0 Å². The van der Waals surface area contributed by atoms with Gasteiger partial charge in [-0.1, -0.05) is 19.1 Å². The van der Waals surface area contributed by atoms with E-state index in [2.05, 4.69) is 17.6 Å². The molecule has 2 fully saturated rings. The molecule has 0 aliphatic heterocycles. The van der Waals surface area contributed by atoms with Gasteiger partial charge < -0.3 is 15.1 Å². The SMILES string of the molecule is CC1CC1c1ccc(/C=C/C(=O)NCc2ccc(NC(=O)C3CC3)cc2)o1. The third kappa shape index (κ3) is 4.67. The quantitative estimate of drug-likeness (QED) is 0.727. The maximum Gasteiger partial charge on any atom is 0.244 e. The average molecular weight is 364 g/mol. The van der Waals surface area contributed by atoms with Gasteiger partial charge in [0.05, 0.1) is 0 Å². The first-order valence-electron chi connectivity index (χ1n) is 9.54. The van der Waals surface area contributed by atoms with E-state index in [1.807, 2.05) is 36.4 Å². The Kier molecular flexibility index (Phi) is 4.84. The fourth-order valence-corrected chi connectivity index (χ4v) is 3.08. The summed E-state index contributed by atoms with van der Waals surface area (Å²) < 4.78 is 5.76. The van der Waals surface area contributed by atoms with Crippen LogP contribution in [0.5, 0.6) is 0 Å². The van der Waals surface area contributed by atoms with Crippen molar-refractivity contribution < 1.29 is 14.0 Å². The topological polar surface area (TPSA) is 71.3 Å². The first-order chi connectivity index (χ1) is 13.1. The van der Waals surface area contributed by atoms with E-state index in [-0.39, 0.29) is 17.7 Å². The van der Waals surface area contributed by atoms with E-state index in [0.717, 1.165) is 29.9 Å². The van der Waals surface area contributed by atoms with Crippen LogP contribution in [0, 0.1) is 11.8 Å². The summed E-state index contributed by atoms with van der Waals surface area (Å²) in [7, 11) is 0. The largest absolute Gasteiger partial charge is 0.461 e. The van der Waals surface area contributed by atoms with Crippen molar-refractivity contribution in [2.24, 2.45) is 11.8 Å². The Bertz CT molecular complexity index is 862. The molecule has 140 valence electrons. The highest BCUT2D eigenvalue weighted by Gasteiger charge is 2.36. The van der Waals surface area contributed by atoms with E-state index >= 15 is 0 Å². The number of anilines is 1. The van der Waals surface area contributed by atoms with Crippen molar-refractivity contribution in [1.29, 1.82) is 0 Å². The van der Waals surface area contributed by atoms with Gasteiger partial charge in [0.1, 0.15) is 11.5 Å². The number of amides is 2. The minimum Gasteiger partial charge on any atom is -0.461 e. The molecule has 2 aliphatic rings. The molecular formula is C22H24N2O3. The smallest absolute Gasteiger partial charge is 0.244 e. The van der Waals surface area contributed by atoms with Gasteiger partial charge in [0.15, 0.2) is 0 Å². The lowest BCUT2D eigenvalue weighted by atomic mass is 10.2. The molecule has 4 rings (SSSR count). The van der Waals surface area contributed by atoms with Gasteiger partial charge in [0.25, 0.3) is 0 Å². The van der Waals surface area contributed by atoms with Crippen LogP contribution in [-0.4, -0.2) is 11.8 Å². The molecule has 2 amide bonds. The number of rotatable bonds is 7. The molecule has 27 heavy (non-hydrogen) atoms. The number of carbonyl (C=O) groups excluding carboxylic acids is 2.